The van der Waals surface area contributed by atoms with Crippen LogP contribution < -0.4 is 0 Å². The Morgan fingerprint density at radius 2 is 1.96 bits per heavy atom. The van der Waals surface area contributed by atoms with E-state index in [1.807, 2.05) is 0 Å². The first-order valence-corrected chi connectivity index (χ1v) is 11.7. The van der Waals surface area contributed by atoms with Crippen molar-refractivity contribution < 1.29 is 27.8 Å². The normalized spacial score (nSPS) is 24.9. The molecule has 156 valence electrons. The number of ether oxygens (including phenoxy) is 2. The quantitative estimate of drug-likeness (QED) is 0.762. The lowest BCUT2D eigenvalue weighted by atomic mass is 9.87. The van der Waals surface area contributed by atoms with Crippen molar-refractivity contribution in [2.24, 2.45) is 11.3 Å². The fourth-order valence-electron chi connectivity index (χ4n) is 4.02. The van der Waals surface area contributed by atoms with E-state index in [4.69, 9.17) is 21.1 Å². The molecule has 1 spiro atoms. The van der Waals surface area contributed by atoms with Crippen LogP contribution in [0.1, 0.15) is 51.0 Å². The highest BCUT2D eigenvalue weighted by Crippen LogP contribution is 2.46. The molecule has 1 saturated heterocycles. The molecule has 2 aliphatic rings. The number of carboxylic acids is 1. The van der Waals surface area contributed by atoms with Crippen molar-refractivity contribution in [3.63, 3.8) is 0 Å². The van der Waals surface area contributed by atoms with Gasteiger partial charge in [0.15, 0.2) is 15.6 Å². The van der Waals surface area contributed by atoms with Gasteiger partial charge in [0.1, 0.15) is 0 Å². The zero-order valence-corrected chi connectivity index (χ0v) is 18.0. The maximum absolute atomic E-state index is 11.9. The van der Waals surface area contributed by atoms with Crippen molar-refractivity contribution >= 4 is 27.4 Å². The van der Waals surface area contributed by atoms with Crippen molar-refractivity contribution in [2.45, 2.75) is 56.1 Å². The molecule has 0 amide bonds. The van der Waals surface area contributed by atoms with E-state index in [0.29, 0.717) is 31.6 Å². The van der Waals surface area contributed by atoms with Gasteiger partial charge < -0.3 is 14.6 Å². The number of sulfone groups is 1. The summed E-state index contributed by atoms with van der Waals surface area (Å²) >= 11 is 6.11. The molecule has 2 fully saturated rings. The molecule has 1 aromatic rings. The van der Waals surface area contributed by atoms with Crippen LogP contribution in [0.15, 0.2) is 23.1 Å². The van der Waals surface area contributed by atoms with Crippen molar-refractivity contribution in [3.05, 3.63) is 28.8 Å². The third kappa shape index (κ3) is 4.70. The first-order valence-electron chi connectivity index (χ1n) is 9.41. The van der Waals surface area contributed by atoms with Crippen LogP contribution in [0.4, 0.5) is 0 Å². The Bertz CT molecular complexity index is 853. The molecule has 8 heteroatoms. The number of carboxylic acid groups (broad SMARTS) is 1. The summed E-state index contributed by atoms with van der Waals surface area (Å²) in [5.74, 6) is -2.15. The molecule has 1 unspecified atom stereocenters. The standard InChI is InChI=1S/C20H27ClO6S/c1-19(2)11-26-20(27-12-19)7-6-13(10-20)8-15(18(22)23)14-4-5-17(16(21)9-14)28(3,24)25/h4-5,9,13,15H,6-8,10-12H2,1-3H3,(H,22,23)/t13-,15?/m1/s1. The topological polar surface area (TPSA) is 89.9 Å². The third-order valence-corrected chi connectivity index (χ3v) is 7.19. The zero-order chi connectivity index (χ0) is 20.7. The molecule has 1 N–H and O–H groups in total. The van der Waals surface area contributed by atoms with Crippen LogP contribution in [0.2, 0.25) is 5.02 Å². The summed E-state index contributed by atoms with van der Waals surface area (Å²) in [6.07, 6.45) is 3.77. The van der Waals surface area contributed by atoms with Crippen LogP contribution >= 0.6 is 11.6 Å². The molecule has 0 radical (unpaired) electrons. The van der Waals surface area contributed by atoms with Gasteiger partial charge >= 0.3 is 5.97 Å². The molecule has 0 aromatic heterocycles. The Labute approximate surface area is 171 Å². The molecule has 1 heterocycles. The van der Waals surface area contributed by atoms with E-state index in [9.17, 15) is 18.3 Å². The Hall–Kier alpha value is -1.15. The molecule has 28 heavy (non-hydrogen) atoms. The molecule has 3 rings (SSSR count). The summed E-state index contributed by atoms with van der Waals surface area (Å²) in [4.78, 5) is 11.9. The fraction of sp³-hybridized carbons (Fsp3) is 0.650. The molecule has 0 bridgehead atoms. The van der Waals surface area contributed by atoms with Gasteiger partial charge in [-0.1, -0.05) is 31.5 Å². The zero-order valence-electron chi connectivity index (χ0n) is 16.4. The maximum atomic E-state index is 11.9. The summed E-state index contributed by atoms with van der Waals surface area (Å²) in [5, 5.41) is 9.80. The minimum Gasteiger partial charge on any atom is -0.481 e. The van der Waals surface area contributed by atoms with Crippen molar-refractivity contribution in [2.75, 3.05) is 19.5 Å². The van der Waals surface area contributed by atoms with E-state index in [2.05, 4.69) is 13.8 Å². The van der Waals surface area contributed by atoms with Gasteiger partial charge in [0.05, 0.1) is 29.0 Å². The molecule has 2 atom stereocenters. The van der Waals surface area contributed by atoms with Gasteiger partial charge in [-0.05, 0) is 36.5 Å². The number of hydrogen-bond donors (Lipinski definition) is 1. The van der Waals surface area contributed by atoms with Crippen molar-refractivity contribution in [1.82, 2.24) is 0 Å². The highest BCUT2D eigenvalue weighted by atomic mass is 35.5. The summed E-state index contributed by atoms with van der Waals surface area (Å²) in [6.45, 7) is 5.45. The lowest BCUT2D eigenvalue weighted by Gasteiger charge is -2.41. The van der Waals surface area contributed by atoms with E-state index < -0.39 is 27.5 Å². The van der Waals surface area contributed by atoms with Crippen LogP contribution in [0.25, 0.3) is 0 Å². The highest BCUT2D eigenvalue weighted by molar-refractivity contribution is 7.90. The maximum Gasteiger partial charge on any atom is 0.310 e. The summed E-state index contributed by atoms with van der Waals surface area (Å²) in [7, 11) is -3.46. The number of rotatable bonds is 5. The van der Waals surface area contributed by atoms with Crippen LogP contribution in [0, 0.1) is 11.3 Å². The Morgan fingerprint density at radius 3 is 2.50 bits per heavy atom. The molecule has 1 aliphatic heterocycles. The van der Waals surface area contributed by atoms with Crippen LogP contribution in [-0.2, 0) is 24.1 Å². The molecular formula is C20H27ClO6S. The SMILES string of the molecule is CC1(C)COC2(CC[C@H](CC(C(=O)O)c3ccc(S(C)(=O)=O)c(Cl)c3)C2)OC1. The largest absolute Gasteiger partial charge is 0.481 e. The second-order valence-electron chi connectivity index (χ2n) is 8.85. The van der Waals surface area contributed by atoms with E-state index in [1.165, 1.54) is 12.1 Å². The predicted molar refractivity (Wildman–Crippen MR) is 105 cm³/mol. The predicted octanol–water partition coefficient (Wildman–Crippen LogP) is 3.87. The Morgan fingerprint density at radius 1 is 1.32 bits per heavy atom. The van der Waals surface area contributed by atoms with Gasteiger partial charge in [0.25, 0.3) is 0 Å². The summed E-state index contributed by atoms with van der Waals surface area (Å²) in [6, 6.07) is 4.38. The number of benzene rings is 1. The van der Waals surface area contributed by atoms with Gasteiger partial charge in [-0.25, -0.2) is 8.42 Å². The monoisotopic (exact) mass is 430 g/mol. The summed E-state index contributed by atoms with van der Waals surface area (Å²) < 4.78 is 35.5. The average Bonchev–Trinajstić information content (AvgIpc) is 2.97. The number of aliphatic carboxylic acids is 1. The van der Waals surface area contributed by atoms with Gasteiger partial charge in [0.2, 0.25) is 0 Å². The Kier molecular flexibility index (Phi) is 5.85. The second-order valence-corrected chi connectivity index (χ2v) is 11.2. The van der Waals surface area contributed by atoms with Crippen LogP contribution in [-0.4, -0.2) is 44.8 Å². The minimum absolute atomic E-state index is 0.00787. The van der Waals surface area contributed by atoms with Gasteiger partial charge in [-0.2, -0.15) is 0 Å². The molecular weight excluding hydrogens is 404 g/mol. The fourth-order valence-corrected chi connectivity index (χ4v) is 5.35. The molecule has 1 aliphatic carbocycles. The van der Waals surface area contributed by atoms with E-state index in [-0.39, 0.29) is 21.3 Å². The van der Waals surface area contributed by atoms with E-state index in [1.54, 1.807) is 6.07 Å². The lowest BCUT2D eigenvalue weighted by molar-refractivity contribution is -0.296. The second kappa shape index (κ2) is 7.59. The molecule has 1 saturated carbocycles. The van der Waals surface area contributed by atoms with E-state index in [0.717, 1.165) is 19.1 Å². The number of halogens is 1. The van der Waals surface area contributed by atoms with Crippen LogP contribution in [0.5, 0.6) is 0 Å². The summed E-state index contributed by atoms with van der Waals surface area (Å²) in [5.41, 5.74) is 0.503. The Balaban J connectivity index is 1.73. The van der Waals surface area contributed by atoms with Gasteiger partial charge in [-0.3, -0.25) is 4.79 Å². The lowest BCUT2D eigenvalue weighted by Crippen LogP contribution is -2.46. The van der Waals surface area contributed by atoms with E-state index >= 15 is 0 Å². The third-order valence-electron chi connectivity index (χ3n) is 5.61. The minimum atomic E-state index is -3.46. The first kappa shape index (κ1) is 21.6. The first-order chi connectivity index (χ1) is 12.9. The smallest absolute Gasteiger partial charge is 0.310 e. The average molecular weight is 431 g/mol. The van der Waals surface area contributed by atoms with Gasteiger partial charge in [0, 0.05) is 24.5 Å². The van der Waals surface area contributed by atoms with Crippen molar-refractivity contribution in [3.8, 4) is 0 Å². The van der Waals surface area contributed by atoms with Gasteiger partial charge in [-0.15, -0.1) is 0 Å². The highest BCUT2D eigenvalue weighted by Gasteiger charge is 2.46. The molecule has 6 nitrogen and oxygen atoms in total. The number of carbonyl (C=O) groups is 1. The van der Waals surface area contributed by atoms with Crippen molar-refractivity contribution in [1.29, 1.82) is 0 Å². The molecule has 1 aromatic carbocycles. The number of hydrogen-bond acceptors (Lipinski definition) is 5. The van der Waals surface area contributed by atoms with Crippen LogP contribution in [0.3, 0.4) is 0 Å².